The topological polar surface area (TPSA) is 51.1 Å². The first-order chi connectivity index (χ1) is 15.1. The number of carbonyl (C=O) groups excluding carboxylic acids is 2. The maximum absolute atomic E-state index is 13.7. The van der Waals surface area contributed by atoms with Gasteiger partial charge in [-0.15, -0.1) is 11.8 Å². The third kappa shape index (κ3) is 4.37. The Kier molecular flexibility index (Phi) is 6.42. The van der Waals surface area contributed by atoms with Crippen molar-refractivity contribution >= 4 is 51.1 Å². The van der Waals surface area contributed by atoms with Crippen LogP contribution in [0.1, 0.15) is 37.9 Å². The molecule has 4 rings (SSSR count). The summed E-state index contributed by atoms with van der Waals surface area (Å²) in [5.41, 5.74) is 2.64. The summed E-state index contributed by atoms with van der Waals surface area (Å²) in [5.74, 6) is 0.0865. The van der Waals surface area contributed by atoms with Gasteiger partial charge in [-0.25, -0.2) is 0 Å². The van der Waals surface area contributed by atoms with E-state index in [1.165, 1.54) is 0 Å². The minimum atomic E-state index is -0.235. The number of hydrogen-bond donors (Lipinski definition) is 1. The highest BCUT2D eigenvalue weighted by molar-refractivity contribution is 8.00. The second-order valence-electron chi connectivity index (χ2n) is 7.55. The van der Waals surface area contributed by atoms with Crippen molar-refractivity contribution < 1.29 is 9.59 Å². The summed E-state index contributed by atoms with van der Waals surface area (Å²) in [6.45, 7) is 4.02. The van der Waals surface area contributed by atoms with Gasteiger partial charge in [0.25, 0.3) is 0 Å². The Morgan fingerprint density at radius 3 is 2.16 bits per heavy atom. The van der Waals surface area contributed by atoms with Crippen molar-refractivity contribution in [2.45, 2.75) is 43.3 Å². The van der Waals surface area contributed by atoms with Crippen molar-refractivity contribution in [1.82, 2.24) is 4.57 Å². The number of carbonyl (C=O) groups is 2. The highest BCUT2D eigenvalue weighted by Gasteiger charge is 2.24. The smallest absolute Gasteiger partial charge is 0.245 e. The van der Waals surface area contributed by atoms with Gasteiger partial charge in [0.1, 0.15) is 0 Å². The number of hydrogen-bond acceptors (Lipinski definition) is 3. The normalized spacial score (nSPS) is 12.2. The Balaban J connectivity index is 1.65. The summed E-state index contributed by atoms with van der Waals surface area (Å²) >= 11 is 1.55. The number of anilines is 1. The summed E-state index contributed by atoms with van der Waals surface area (Å²) in [5, 5.41) is 4.88. The molecule has 0 radical (unpaired) electrons. The zero-order chi connectivity index (χ0) is 21.8. The van der Waals surface area contributed by atoms with E-state index in [0.717, 1.165) is 38.8 Å². The lowest BCUT2D eigenvalue weighted by Crippen LogP contribution is -2.23. The van der Waals surface area contributed by atoms with Gasteiger partial charge in [0.05, 0.1) is 16.3 Å². The number of nitrogens with zero attached hydrogens (tertiary/aromatic N) is 1. The molecule has 0 spiro atoms. The number of aromatic nitrogens is 1. The lowest BCUT2D eigenvalue weighted by atomic mass is 10.2. The van der Waals surface area contributed by atoms with E-state index in [1.807, 2.05) is 79.1 Å². The van der Waals surface area contributed by atoms with E-state index in [4.69, 9.17) is 0 Å². The molecular formula is C26H26N2O2S. The van der Waals surface area contributed by atoms with Crippen LogP contribution in [-0.4, -0.2) is 21.6 Å². The molecule has 5 heteroatoms. The van der Waals surface area contributed by atoms with Crippen molar-refractivity contribution in [3.8, 4) is 0 Å². The van der Waals surface area contributed by atoms with E-state index < -0.39 is 0 Å². The molecule has 0 aliphatic carbocycles. The van der Waals surface area contributed by atoms with Gasteiger partial charge in [0.2, 0.25) is 11.8 Å². The number of fused-ring (bicyclic) bond motifs is 3. The third-order valence-electron chi connectivity index (χ3n) is 5.32. The van der Waals surface area contributed by atoms with E-state index in [2.05, 4.69) is 17.4 Å². The molecule has 0 saturated heterocycles. The maximum atomic E-state index is 13.7. The second kappa shape index (κ2) is 9.40. The van der Waals surface area contributed by atoms with Crippen molar-refractivity contribution in [1.29, 1.82) is 0 Å². The van der Waals surface area contributed by atoms with E-state index in [-0.39, 0.29) is 17.1 Å². The molecule has 0 aliphatic heterocycles. The van der Waals surface area contributed by atoms with E-state index in [1.54, 1.807) is 11.8 Å². The maximum Gasteiger partial charge on any atom is 0.245 e. The van der Waals surface area contributed by atoms with E-state index in [9.17, 15) is 9.59 Å². The highest BCUT2D eigenvalue weighted by atomic mass is 32.2. The van der Waals surface area contributed by atoms with Crippen LogP contribution in [0.5, 0.6) is 0 Å². The van der Waals surface area contributed by atoms with Crippen LogP contribution in [0.2, 0.25) is 0 Å². The van der Waals surface area contributed by atoms with Crippen LogP contribution in [0, 0.1) is 0 Å². The van der Waals surface area contributed by atoms with Gasteiger partial charge in [-0.2, -0.15) is 0 Å². The molecule has 31 heavy (non-hydrogen) atoms. The average molecular weight is 431 g/mol. The van der Waals surface area contributed by atoms with Gasteiger partial charge >= 0.3 is 0 Å². The first-order valence-corrected chi connectivity index (χ1v) is 11.6. The van der Waals surface area contributed by atoms with Gasteiger partial charge < -0.3 is 5.32 Å². The Hall–Kier alpha value is -3.05. The summed E-state index contributed by atoms with van der Waals surface area (Å²) in [7, 11) is 0. The number of nitrogens with one attached hydrogen (secondary N) is 1. The molecule has 1 heterocycles. The van der Waals surface area contributed by atoms with Crippen molar-refractivity contribution in [2.24, 2.45) is 0 Å². The molecule has 0 bridgehead atoms. The van der Waals surface area contributed by atoms with Crippen LogP contribution in [0.4, 0.5) is 5.69 Å². The molecule has 3 aromatic carbocycles. The molecule has 0 aliphatic rings. The molecule has 1 aromatic heterocycles. The predicted molar refractivity (Wildman–Crippen MR) is 130 cm³/mol. The Bertz CT molecular complexity index is 1190. The monoisotopic (exact) mass is 430 g/mol. The van der Waals surface area contributed by atoms with Crippen molar-refractivity contribution in [3.63, 3.8) is 0 Å². The largest absolute Gasteiger partial charge is 0.326 e. The summed E-state index contributed by atoms with van der Waals surface area (Å²) in [4.78, 5) is 26.6. The first-order valence-electron chi connectivity index (χ1n) is 10.7. The zero-order valence-corrected chi connectivity index (χ0v) is 18.6. The van der Waals surface area contributed by atoms with E-state index >= 15 is 0 Å². The SMILES string of the molecule is CCCC(=O)Nc1cccc(SC(CC)C(=O)n2c3ccccc3c3ccccc32)c1. The molecule has 4 nitrogen and oxygen atoms in total. The fourth-order valence-corrected chi connectivity index (χ4v) is 4.93. The van der Waals surface area contributed by atoms with Gasteiger partial charge in [0.15, 0.2) is 0 Å². The van der Waals surface area contributed by atoms with Gasteiger partial charge in [-0.05, 0) is 43.2 Å². The fraction of sp³-hybridized carbons (Fsp3) is 0.231. The highest BCUT2D eigenvalue weighted by Crippen LogP contribution is 2.33. The molecule has 0 fully saturated rings. The van der Waals surface area contributed by atoms with Crippen LogP contribution in [0.3, 0.4) is 0 Å². The van der Waals surface area contributed by atoms with Gasteiger partial charge in [-0.3, -0.25) is 14.2 Å². The molecule has 4 aromatic rings. The van der Waals surface area contributed by atoms with Crippen molar-refractivity contribution in [3.05, 3.63) is 72.8 Å². The summed E-state index contributed by atoms with van der Waals surface area (Å²) in [6, 6.07) is 23.8. The fourth-order valence-electron chi connectivity index (χ4n) is 3.87. The lowest BCUT2D eigenvalue weighted by Gasteiger charge is -2.16. The number of benzene rings is 3. The van der Waals surface area contributed by atoms with Gasteiger partial charge in [-0.1, -0.05) is 56.3 Å². The summed E-state index contributed by atoms with van der Waals surface area (Å²) in [6.07, 6.45) is 2.02. The standard InChI is InChI=1S/C26H26N2O2S/c1-3-10-25(29)27-18-11-9-12-19(17-18)31-24(4-2)26(30)28-22-15-7-5-13-20(22)21-14-6-8-16-23(21)28/h5-9,11-17,24H,3-4,10H2,1-2H3,(H,27,29). The van der Waals surface area contributed by atoms with Crippen LogP contribution >= 0.6 is 11.8 Å². The molecular weight excluding hydrogens is 404 g/mol. The molecule has 158 valence electrons. The number of para-hydroxylation sites is 2. The predicted octanol–water partition coefficient (Wildman–Crippen LogP) is 6.74. The van der Waals surface area contributed by atoms with Crippen LogP contribution in [0.15, 0.2) is 77.7 Å². The minimum Gasteiger partial charge on any atom is -0.326 e. The average Bonchev–Trinajstić information content (AvgIpc) is 3.12. The third-order valence-corrected chi connectivity index (χ3v) is 6.67. The first kappa shape index (κ1) is 21.2. The van der Waals surface area contributed by atoms with Gasteiger partial charge in [0, 0.05) is 27.8 Å². The van der Waals surface area contributed by atoms with Crippen LogP contribution < -0.4 is 5.32 Å². The van der Waals surface area contributed by atoms with Crippen molar-refractivity contribution in [2.75, 3.05) is 5.32 Å². The lowest BCUT2D eigenvalue weighted by molar-refractivity contribution is -0.116. The molecule has 1 amide bonds. The van der Waals surface area contributed by atoms with Crippen LogP contribution in [-0.2, 0) is 4.79 Å². The number of thioether (sulfide) groups is 1. The zero-order valence-electron chi connectivity index (χ0n) is 17.8. The molecule has 1 unspecified atom stereocenters. The Morgan fingerprint density at radius 2 is 1.55 bits per heavy atom. The second-order valence-corrected chi connectivity index (χ2v) is 8.82. The number of rotatable bonds is 7. The Morgan fingerprint density at radius 1 is 0.903 bits per heavy atom. The molecule has 1 atom stereocenters. The quantitative estimate of drug-likeness (QED) is 0.330. The minimum absolute atomic E-state index is 0.0121. The molecule has 1 N–H and O–H groups in total. The van der Waals surface area contributed by atoms with E-state index in [0.29, 0.717) is 12.8 Å². The Labute approximate surface area is 186 Å². The summed E-state index contributed by atoms with van der Waals surface area (Å²) < 4.78 is 1.86. The van der Waals surface area contributed by atoms with Crippen LogP contribution in [0.25, 0.3) is 21.8 Å². The number of amides is 1. The molecule has 0 saturated carbocycles.